The summed E-state index contributed by atoms with van der Waals surface area (Å²) in [6.07, 6.45) is 1.19. The molecule has 0 saturated carbocycles. The van der Waals surface area contributed by atoms with Crippen LogP contribution in [0, 0.1) is 0 Å². The van der Waals surface area contributed by atoms with Crippen LogP contribution < -0.4 is 0 Å². The molecule has 4 nitrogen and oxygen atoms in total. The van der Waals surface area contributed by atoms with Crippen molar-refractivity contribution in [3.63, 3.8) is 0 Å². The van der Waals surface area contributed by atoms with Crippen LogP contribution in [-0.2, 0) is 14.6 Å². The molecule has 2 rings (SSSR count). The Kier molecular flexibility index (Phi) is 3.68. The van der Waals surface area contributed by atoms with Crippen LogP contribution in [-0.4, -0.2) is 37.8 Å². The maximum atomic E-state index is 11.6. The van der Waals surface area contributed by atoms with E-state index in [-0.39, 0.29) is 11.3 Å². The minimum absolute atomic E-state index is 0.0103. The lowest BCUT2D eigenvalue weighted by Crippen LogP contribution is -2.27. The molecule has 0 aromatic heterocycles. The first-order valence-electron chi connectivity index (χ1n) is 5.64. The molecule has 0 aliphatic carbocycles. The van der Waals surface area contributed by atoms with Crippen LogP contribution in [0.1, 0.15) is 17.9 Å². The van der Waals surface area contributed by atoms with Crippen LogP contribution in [0.15, 0.2) is 29.2 Å². The fraction of sp³-hybridized carbons (Fsp3) is 0.417. The van der Waals surface area contributed by atoms with Crippen LogP contribution in [0.2, 0.25) is 0 Å². The first kappa shape index (κ1) is 13.4. The molecular weight excluding hydrogens is 270 g/mol. The van der Waals surface area contributed by atoms with Crippen molar-refractivity contribution in [1.82, 2.24) is 4.90 Å². The zero-order valence-corrected chi connectivity index (χ0v) is 11.9. The number of sulfone groups is 1. The number of carbonyl (C=O) groups is 1. The van der Waals surface area contributed by atoms with Crippen molar-refractivity contribution >= 4 is 27.5 Å². The molecule has 0 radical (unpaired) electrons. The Hall–Kier alpha value is -1.01. The van der Waals surface area contributed by atoms with Gasteiger partial charge in [-0.05, 0) is 24.6 Å². The first-order valence-corrected chi connectivity index (χ1v) is 8.58. The van der Waals surface area contributed by atoms with Gasteiger partial charge in [0, 0.05) is 12.8 Å². The SMILES string of the molecule is CCN1C(=O)CSC1c1ccc(S(C)(=O)=O)cc1. The van der Waals surface area contributed by atoms with E-state index in [1.165, 1.54) is 6.26 Å². The normalized spacial score (nSPS) is 20.4. The van der Waals surface area contributed by atoms with Crippen LogP contribution in [0.25, 0.3) is 0 Å². The summed E-state index contributed by atoms with van der Waals surface area (Å²) in [7, 11) is -3.16. The molecule has 18 heavy (non-hydrogen) atoms. The second kappa shape index (κ2) is 4.93. The van der Waals surface area contributed by atoms with Gasteiger partial charge in [-0.2, -0.15) is 0 Å². The van der Waals surface area contributed by atoms with Crippen molar-refractivity contribution in [2.75, 3.05) is 18.6 Å². The number of thioether (sulfide) groups is 1. The number of hydrogen-bond donors (Lipinski definition) is 0. The zero-order chi connectivity index (χ0) is 13.3. The van der Waals surface area contributed by atoms with Gasteiger partial charge in [0.25, 0.3) is 0 Å². The molecule has 1 amide bonds. The molecule has 1 unspecified atom stereocenters. The van der Waals surface area contributed by atoms with Crippen LogP contribution in [0.4, 0.5) is 0 Å². The third kappa shape index (κ3) is 2.54. The number of carbonyl (C=O) groups excluding carboxylic acids is 1. The van der Waals surface area contributed by atoms with Crippen LogP contribution in [0.3, 0.4) is 0 Å². The highest BCUT2D eigenvalue weighted by Gasteiger charge is 2.31. The molecule has 1 aromatic carbocycles. The van der Waals surface area contributed by atoms with E-state index < -0.39 is 9.84 Å². The lowest BCUT2D eigenvalue weighted by Gasteiger charge is -2.22. The van der Waals surface area contributed by atoms with E-state index in [0.717, 1.165) is 5.56 Å². The van der Waals surface area contributed by atoms with Gasteiger partial charge in [-0.15, -0.1) is 11.8 Å². The molecular formula is C12H15NO3S2. The molecule has 0 bridgehead atoms. The smallest absolute Gasteiger partial charge is 0.233 e. The molecule has 98 valence electrons. The van der Waals surface area contributed by atoms with Gasteiger partial charge >= 0.3 is 0 Å². The summed E-state index contributed by atoms with van der Waals surface area (Å²) < 4.78 is 22.7. The standard InChI is InChI=1S/C12H15NO3S2/c1-3-13-11(14)8-17-12(13)9-4-6-10(7-5-9)18(2,15)16/h4-7,12H,3,8H2,1-2H3. The summed E-state index contributed by atoms with van der Waals surface area (Å²) in [5, 5.41) is 0.0103. The number of rotatable bonds is 3. The van der Waals surface area contributed by atoms with Gasteiger partial charge in [-0.1, -0.05) is 12.1 Å². The van der Waals surface area contributed by atoms with E-state index >= 15 is 0 Å². The quantitative estimate of drug-likeness (QED) is 0.848. The fourth-order valence-electron chi connectivity index (χ4n) is 1.95. The van der Waals surface area contributed by atoms with Gasteiger partial charge in [0.2, 0.25) is 5.91 Å². The molecule has 1 aliphatic heterocycles. The Morgan fingerprint density at radius 1 is 1.33 bits per heavy atom. The third-order valence-corrected chi connectivity index (χ3v) is 5.29. The summed E-state index contributed by atoms with van der Waals surface area (Å²) in [6.45, 7) is 2.62. The molecule has 1 saturated heterocycles. The summed E-state index contributed by atoms with van der Waals surface area (Å²) >= 11 is 1.58. The monoisotopic (exact) mass is 285 g/mol. The van der Waals surface area contributed by atoms with Crippen molar-refractivity contribution in [2.24, 2.45) is 0 Å². The number of benzene rings is 1. The molecule has 1 aromatic rings. The molecule has 6 heteroatoms. The summed E-state index contributed by atoms with van der Waals surface area (Å²) in [5.74, 6) is 0.631. The maximum Gasteiger partial charge on any atom is 0.233 e. The van der Waals surface area contributed by atoms with E-state index in [2.05, 4.69) is 0 Å². The molecule has 1 heterocycles. The molecule has 0 spiro atoms. The van der Waals surface area contributed by atoms with E-state index in [9.17, 15) is 13.2 Å². The van der Waals surface area contributed by atoms with Gasteiger partial charge in [0.05, 0.1) is 10.6 Å². The number of nitrogens with zero attached hydrogens (tertiary/aromatic N) is 1. The lowest BCUT2D eigenvalue weighted by atomic mass is 10.2. The van der Waals surface area contributed by atoms with Gasteiger partial charge < -0.3 is 4.90 Å². The van der Waals surface area contributed by atoms with E-state index in [4.69, 9.17) is 0 Å². The van der Waals surface area contributed by atoms with Crippen molar-refractivity contribution in [1.29, 1.82) is 0 Å². The largest absolute Gasteiger partial charge is 0.326 e. The molecule has 1 fully saturated rings. The van der Waals surface area contributed by atoms with E-state index in [0.29, 0.717) is 17.2 Å². The highest BCUT2D eigenvalue weighted by Crippen LogP contribution is 2.38. The predicted octanol–water partition coefficient (Wildman–Crippen LogP) is 1.68. The Morgan fingerprint density at radius 3 is 2.44 bits per heavy atom. The number of amides is 1. The second-order valence-electron chi connectivity index (χ2n) is 4.18. The van der Waals surface area contributed by atoms with Crippen molar-refractivity contribution in [3.8, 4) is 0 Å². The van der Waals surface area contributed by atoms with Gasteiger partial charge in [-0.3, -0.25) is 4.79 Å². The van der Waals surface area contributed by atoms with Gasteiger partial charge in [0.1, 0.15) is 5.37 Å². The topological polar surface area (TPSA) is 54.5 Å². The Balaban J connectivity index is 2.28. The van der Waals surface area contributed by atoms with E-state index in [1.807, 2.05) is 6.92 Å². The van der Waals surface area contributed by atoms with E-state index in [1.54, 1.807) is 40.9 Å². The molecule has 1 atom stereocenters. The molecule has 0 N–H and O–H groups in total. The highest BCUT2D eigenvalue weighted by atomic mass is 32.2. The lowest BCUT2D eigenvalue weighted by molar-refractivity contribution is -0.127. The van der Waals surface area contributed by atoms with Gasteiger partial charge in [-0.25, -0.2) is 8.42 Å². The van der Waals surface area contributed by atoms with Crippen molar-refractivity contribution in [3.05, 3.63) is 29.8 Å². The second-order valence-corrected chi connectivity index (χ2v) is 7.27. The number of hydrogen-bond acceptors (Lipinski definition) is 4. The maximum absolute atomic E-state index is 11.6. The van der Waals surface area contributed by atoms with Crippen LogP contribution in [0.5, 0.6) is 0 Å². The Bertz CT molecular complexity index is 551. The fourth-order valence-corrected chi connectivity index (χ4v) is 3.84. The van der Waals surface area contributed by atoms with Crippen molar-refractivity contribution in [2.45, 2.75) is 17.2 Å². The summed E-state index contributed by atoms with van der Waals surface area (Å²) in [5.41, 5.74) is 0.972. The average Bonchev–Trinajstić information content (AvgIpc) is 2.69. The first-order chi connectivity index (χ1) is 8.43. The predicted molar refractivity (Wildman–Crippen MR) is 72.1 cm³/mol. The van der Waals surface area contributed by atoms with Crippen molar-refractivity contribution < 1.29 is 13.2 Å². The molecule has 1 aliphatic rings. The Morgan fingerprint density at radius 2 is 1.94 bits per heavy atom. The minimum atomic E-state index is -3.16. The third-order valence-electron chi connectivity index (χ3n) is 2.90. The zero-order valence-electron chi connectivity index (χ0n) is 10.3. The Labute approximate surface area is 111 Å². The minimum Gasteiger partial charge on any atom is -0.326 e. The summed E-state index contributed by atoms with van der Waals surface area (Å²) in [6, 6.07) is 6.77. The highest BCUT2D eigenvalue weighted by molar-refractivity contribution is 8.00. The van der Waals surface area contributed by atoms with Crippen LogP contribution >= 0.6 is 11.8 Å². The van der Waals surface area contributed by atoms with Gasteiger partial charge in [0.15, 0.2) is 9.84 Å². The summed E-state index contributed by atoms with van der Waals surface area (Å²) in [4.78, 5) is 13.7. The average molecular weight is 285 g/mol.